The molecule has 0 spiro atoms. The monoisotopic (exact) mass is 422 g/mol. The molecule has 2 N–H and O–H groups in total. The lowest BCUT2D eigenvalue weighted by molar-refractivity contribution is -0.160. The Morgan fingerprint density at radius 3 is 2.54 bits per heavy atom. The van der Waals surface area contributed by atoms with Crippen molar-refractivity contribution in [2.75, 3.05) is 56.6 Å². The molecule has 1 aromatic rings. The zero-order valence-corrected chi connectivity index (χ0v) is 16.1. The van der Waals surface area contributed by atoms with E-state index in [1.807, 2.05) is 13.1 Å². The minimum atomic E-state index is -4.60. The first-order valence-electron chi connectivity index (χ1n) is 8.64. The number of hydrogen-bond donors (Lipinski definition) is 2. The maximum atomic E-state index is 12.2. The second-order valence-electron chi connectivity index (χ2n) is 6.37. The van der Waals surface area contributed by atoms with E-state index >= 15 is 0 Å². The number of carbonyl (C=O) groups is 2. The third-order valence-corrected chi connectivity index (χ3v) is 4.30. The molecule has 28 heavy (non-hydrogen) atoms. The predicted molar refractivity (Wildman–Crippen MR) is 99.8 cm³/mol. The molecule has 1 aliphatic heterocycles. The molecule has 0 bridgehead atoms. The van der Waals surface area contributed by atoms with E-state index in [-0.39, 0.29) is 13.0 Å². The summed E-state index contributed by atoms with van der Waals surface area (Å²) in [7, 11) is 2.04. The summed E-state index contributed by atoms with van der Waals surface area (Å²) in [5.74, 6) is -0.409. The van der Waals surface area contributed by atoms with Crippen molar-refractivity contribution in [2.24, 2.45) is 0 Å². The number of benzene rings is 1. The van der Waals surface area contributed by atoms with Gasteiger partial charge in [0.1, 0.15) is 0 Å². The number of nitrogens with zero attached hydrogens (tertiary/aromatic N) is 2. The number of likely N-dealkylation sites (N-methyl/N-ethyl adjacent to an activating group) is 1. The van der Waals surface area contributed by atoms with Gasteiger partial charge in [0.15, 0.2) is 6.61 Å². The average molecular weight is 423 g/mol. The first kappa shape index (κ1) is 22.1. The van der Waals surface area contributed by atoms with Gasteiger partial charge in [-0.2, -0.15) is 13.2 Å². The second kappa shape index (κ2) is 9.83. The van der Waals surface area contributed by atoms with Crippen molar-refractivity contribution in [3.63, 3.8) is 0 Å². The van der Waals surface area contributed by atoms with Gasteiger partial charge in [0.25, 0.3) is 0 Å². The van der Waals surface area contributed by atoms with E-state index in [2.05, 4.69) is 25.2 Å². The molecule has 0 aliphatic carbocycles. The molecule has 1 heterocycles. The van der Waals surface area contributed by atoms with Crippen LogP contribution < -0.4 is 15.5 Å². The molecule has 0 atom stereocenters. The summed E-state index contributed by atoms with van der Waals surface area (Å²) in [4.78, 5) is 27.7. The van der Waals surface area contributed by atoms with Crippen molar-refractivity contribution in [2.45, 2.75) is 12.6 Å². The van der Waals surface area contributed by atoms with Gasteiger partial charge in [0.05, 0.1) is 11.4 Å². The van der Waals surface area contributed by atoms with E-state index in [0.717, 1.165) is 31.9 Å². The Bertz CT molecular complexity index is 695. The summed E-state index contributed by atoms with van der Waals surface area (Å²) in [5.41, 5.74) is 1.38. The third-order valence-electron chi connectivity index (χ3n) is 4.06. The number of carbonyl (C=O) groups excluding carboxylic acids is 2. The van der Waals surface area contributed by atoms with Gasteiger partial charge in [-0.1, -0.05) is 11.6 Å². The molecule has 0 saturated carbocycles. The molecule has 7 nitrogen and oxygen atoms in total. The van der Waals surface area contributed by atoms with E-state index in [0.29, 0.717) is 10.7 Å². The van der Waals surface area contributed by atoms with Crippen molar-refractivity contribution < 1.29 is 27.5 Å². The molecule has 1 aliphatic rings. The smallest absolute Gasteiger partial charge is 0.422 e. The highest BCUT2D eigenvalue weighted by atomic mass is 35.5. The zero-order chi connectivity index (χ0) is 20.7. The third kappa shape index (κ3) is 7.43. The maximum Gasteiger partial charge on any atom is 0.422 e. The fourth-order valence-corrected chi connectivity index (χ4v) is 2.79. The number of halogens is 4. The summed E-state index contributed by atoms with van der Waals surface area (Å²) in [5, 5.41) is 5.30. The van der Waals surface area contributed by atoms with Crippen molar-refractivity contribution in [1.29, 1.82) is 0 Å². The first-order valence-corrected chi connectivity index (χ1v) is 9.02. The lowest BCUT2D eigenvalue weighted by Crippen LogP contribution is -2.44. The van der Waals surface area contributed by atoms with Crippen LogP contribution in [0.4, 0.5) is 29.3 Å². The number of amides is 2. The molecule has 0 unspecified atom stereocenters. The molecule has 2 rings (SSSR count). The Hall–Kier alpha value is -2.20. The number of piperazine rings is 1. The van der Waals surface area contributed by atoms with Crippen molar-refractivity contribution in [1.82, 2.24) is 10.2 Å². The van der Waals surface area contributed by atoms with Gasteiger partial charge < -0.3 is 25.2 Å². The minimum Gasteiger partial charge on any atom is -0.440 e. The van der Waals surface area contributed by atoms with Crippen LogP contribution in [-0.4, -0.2) is 69.5 Å². The van der Waals surface area contributed by atoms with Crippen molar-refractivity contribution in [3.05, 3.63) is 23.2 Å². The van der Waals surface area contributed by atoms with Gasteiger partial charge in [-0.15, -0.1) is 0 Å². The minimum absolute atomic E-state index is 0.129. The molecule has 0 radical (unpaired) electrons. The van der Waals surface area contributed by atoms with Gasteiger partial charge in [-0.05, 0) is 25.2 Å². The second-order valence-corrected chi connectivity index (χ2v) is 6.80. The molecule has 2 amide bonds. The fourth-order valence-electron chi connectivity index (χ4n) is 2.62. The van der Waals surface area contributed by atoms with Crippen LogP contribution in [0.15, 0.2) is 18.2 Å². The number of alkyl carbamates (subject to hydrolysis) is 1. The summed E-state index contributed by atoms with van der Waals surface area (Å²) in [6.45, 7) is 1.54. The van der Waals surface area contributed by atoms with Crippen LogP contribution in [0.3, 0.4) is 0 Å². The first-order chi connectivity index (χ1) is 13.1. The lowest BCUT2D eigenvalue weighted by atomic mass is 10.2. The van der Waals surface area contributed by atoms with Crippen molar-refractivity contribution >= 4 is 35.0 Å². The van der Waals surface area contributed by atoms with Crippen LogP contribution in [0.2, 0.25) is 5.02 Å². The Balaban J connectivity index is 1.86. The van der Waals surface area contributed by atoms with E-state index in [4.69, 9.17) is 11.6 Å². The number of anilines is 2. The van der Waals surface area contributed by atoms with Gasteiger partial charge >= 0.3 is 12.3 Å². The van der Waals surface area contributed by atoms with E-state index in [1.165, 1.54) is 0 Å². The summed E-state index contributed by atoms with van der Waals surface area (Å²) >= 11 is 6.04. The maximum absolute atomic E-state index is 12.2. The molecule has 1 saturated heterocycles. The Morgan fingerprint density at radius 1 is 1.21 bits per heavy atom. The van der Waals surface area contributed by atoms with Crippen LogP contribution in [0.1, 0.15) is 6.42 Å². The van der Waals surface area contributed by atoms with E-state index < -0.39 is 24.8 Å². The molecular weight excluding hydrogens is 401 g/mol. The highest BCUT2D eigenvalue weighted by molar-refractivity contribution is 6.31. The highest BCUT2D eigenvalue weighted by Crippen LogP contribution is 2.30. The summed E-state index contributed by atoms with van der Waals surface area (Å²) in [6, 6.07) is 5.21. The number of ether oxygens (including phenoxy) is 1. The normalized spacial score (nSPS) is 15.2. The van der Waals surface area contributed by atoms with Crippen LogP contribution in [0.25, 0.3) is 0 Å². The fraction of sp³-hybridized carbons (Fsp3) is 0.529. The highest BCUT2D eigenvalue weighted by Gasteiger charge is 2.29. The summed E-state index contributed by atoms with van der Waals surface area (Å²) < 4.78 is 39.9. The predicted octanol–water partition coefficient (Wildman–Crippen LogP) is 2.71. The summed E-state index contributed by atoms with van der Waals surface area (Å²) in [6.07, 6.45) is -5.96. The lowest BCUT2D eigenvalue weighted by Gasteiger charge is -2.35. The largest absolute Gasteiger partial charge is 0.440 e. The number of alkyl halides is 3. The molecule has 156 valence electrons. The zero-order valence-electron chi connectivity index (χ0n) is 15.3. The van der Waals surface area contributed by atoms with Gasteiger partial charge in [-0.3, -0.25) is 4.79 Å². The van der Waals surface area contributed by atoms with E-state index in [9.17, 15) is 22.8 Å². The standard InChI is InChI=1S/C17H22ClF3N4O3/c1-24-6-8-25(9-7-24)14-3-2-12(18)10-13(14)23-15(26)4-5-22-16(27)28-11-17(19,20)21/h2-3,10H,4-9,11H2,1H3,(H,22,27)(H,23,26). The van der Waals surface area contributed by atoms with Crippen LogP contribution in [0, 0.1) is 0 Å². The molecule has 0 aromatic heterocycles. The number of nitrogens with one attached hydrogen (secondary N) is 2. The van der Waals surface area contributed by atoms with Crippen LogP contribution in [-0.2, 0) is 9.53 Å². The van der Waals surface area contributed by atoms with E-state index in [1.54, 1.807) is 12.1 Å². The Labute approximate surface area is 165 Å². The number of rotatable bonds is 6. The van der Waals surface area contributed by atoms with Gasteiger partial charge in [0.2, 0.25) is 5.91 Å². The molecular formula is C17H22ClF3N4O3. The molecule has 11 heteroatoms. The molecule has 1 aromatic carbocycles. The van der Waals surface area contributed by atoms with Crippen LogP contribution in [0.5, 0.6) is 0 Å². The van der Waals surface area contributed by atoms with Gasteiger partial charge in [-0.25, -0.2) is 4.79 Å². The molecule has 1 fully saturated rings. The Kier molecular flexibility index (Phi) is 7.76. The topological polar surface area (TPSA) is 73.9 Å². The average Bonchev–Trinajstić information content (AvgIpc) is 2.60. The SMILES string of the molecule is CN1CCN(c2ccc(Cl)cc2NC(=O)CCNC(=O)OCC(F)(F)F)CC1. The van der Waals surface area contributed by atoms with Gasteiger partial charge in [0, 0.05) is 44.2 Å². The van der Waals surface area contributed by atoms with Crippen LogP contribution >= 0.6 is 11.6 Å². The quantitative estimate of drug-likeness (QED) is 0.737. The van der Waals surface area contributed by atoms with Crippen molar-refractivity contribution in [3.8, 4) is 0 Å². The Morgan fingerprint density at radius 2 is 1.89 bits per heavy atom. The number of hydrogen-bond acceptors (Lipinski definition) is 5.